The minimum Gasteiger partial charge on any atom is -0.481 e. The fourth-order valence-electron chi connectivity index (χ4n) is 1.58. The van der Waals surface area contributed by atoms with Crippen molar-refractivity contribution in [2.45, 2.75) is 6.42 Å². The number of nitrogens with zero attached hydrogens (tertiary/aromatic N) is 1. The van der Waals surface area contributed by atoms with Crippen molar-refractivity contribution in [1.82, 2.24) is 4.98 Å². The van der Waals surface area contributed by atoms with Gasteiger partial charge in [-0.05, 0) is 17.2 Å². The number of carboxylic acid groups (broad SMARTS) is 1. The van der Waals surface area contributed by atoms with Crippen LogP contribution >= 0.6 is 0 Å². The molecule has 0 aliphatic carbocycles. The van der Waals surface area contributed by atoms with Crippen molar-refractivity contribution in [1.29, 1.82) is 0 Å². The van der Waals surface area contributed by atoms with Crippen molar-refractivity contribution in [3.8, 4) is 11.1 Å². The average Bonchev–Trinajstić information content (AvgIpc) is 2.32. The lowest BCUT2D eigenvalue weighted by atomic mass is 10.0. The molecule has 0 spiro atoms. The molecule has 0 atom stereocenters. The van der Waals surface area contributed by atoms with Crippen LogP contribution in [0.1, 0.15) is 5.56 Å². The standard InChI is InChI=1S/C13H10FNO2/c14-13-11(10-4-2-1-3-5-10)6-9(8-15-13)7-12(16)17/h1-6,8H,7H2,(H,16,17). The zero-order valence-electron chi connectivity index (χ0n) is 8.93. The highest BCUT2D eigenvalue weighted by atomic mass is 19.1. The van der Waals surface area contributed by atoms with Crippen LogP contribution in [0.15, 0.2) is 42.6 Å². The largest absolute Gasteiger partial charge is 0.481 e. The van der Waals surface area contributed by atoms with Crippen molar-refractivity contribution in [3.05, 3.63) is 54.1 Å². The Balaban J connectivity index is 2.43. The predicted octanol–water partition coefficient (Wildman–Crippen LogP) is 2.51. The molecule has 0 bridgehead atoms. The summed E-state index contributed by atoms with van der Waals surface area (Å²) in [6.45, 7) is 0. The normalized spacial score (nSPS) is 10.2. The second kappa shape index (κ2) is 4.74. The van der Waals surface area contributed by atoms with Crippen molar-refractivity contribution >= 4 is 5.97 Å². The van der Waals surface area contributed by atoms with E-state index in [9.17, 15) is 9.18 Å². The summed E-state index contributed by atoms with van der Waals surface area (Å²) in [5.74, 6) is -1.55. The monoisotopic (exact) mass is 231 g/mol. The molecule has 0 fully saturated rings. The number of aromatic nitrogens is 1. The van der Waals surface area contributed by atoms with Crippen molar-refractivity contribution < 1.29 is 14.3 Å². The lowest BCUT2D eigenvalue weighted by molar-refractivity contribution is -0.136. The zero-order valence-corrected chi connectivity index (χ0v) is 8.93. The molecular formula is C13H10FNO2. The third kappa shape index (κ3) is 2.66. The van der Waals surface area contributed by atoms with Gasteiger partial charge in [0.1, 0.15) is 0 Å². The van der Waals surface area contributed by atoms with Crippen molar-refractivity contribution in [2.75, 3.05) is 0 Å². The van der Waals surface area contributed by atoms with Crippen LogP contribution in [0.25, 0.3) is 11.1 Å². The highest BCUT2D eigenvalue weighted by Crippen LogP contribution is 2.22. The molecule has 1 aromatic carbocycles. The summed E-state index contributed by atoms with van der Waals surface area (Å²) in [4.78, 5) is 14.2. The summed E-state index contributed by atoms with van der Waals surface area (Å²) < 4.78 is 13.5. The molecule has 17 heavy (non-hydrogen) atoms. The molecule has 1 aromatic heterocycles. The molecule has 4 heteroatoms. The van der Waals surface area contributed by atoms with Crippen LogP contribution in [0.3, 0.4) is 0 Å². The summed E-state index contributed by atoms with van der Waals surface area (Å²) in [7, 11) is 0. The van der Waals surface area contributed by atoms with E-state index in [1.54, 1.807) is 24.3 Å². The van der Waals surface area contributed by atoms with E-state index in [1.807, 2.05) is 6.07 Å². The number of pyridine rings is 1. The Morgan fingerprint density at radius 3 is 2.65 bits per heavy atom. The highest BCUT2D eigenvalue weighted by Gasteiger charge is 2.09. The van der Waals surface area contributed by atoms with E-state index in [-0.39, 0.29) is 6.42 Å². The zero-order chi connectivity index (χ0) is 12.3. The van der Waals surface area contributed by atoms with E-state index < -0.39 is 11.9 Å². The summed E-state index contributed by atoms with van der Waals surface area (Å²) in [5.41, 5.74) is 1.49. The number of carboxylic acids is 1. The summed E-state index contributed by atoms with van der Waals surface area (Å²) in [6, 6.07) is 10.4. The third-order valence-corrected chi connectivity index (χ3v) is 2.34. The van der Waals surface area contributed by atoms with Crippen LogP contribution in [0.5, 0.6) is 0 Å². The second-order valence-corrected chi connectivity index (χ2v) is 3.62. The van der Waals surface area contributed by atoms with Gasteiger partial charge in [0, 0.05) is 11.8 Å². The fraction of sp³-hybridized carbons (Fsp3) is 0.0769. The average molecular weight is 231 g/mol. The molecule has 1 heterocycles. The van der Waals surface area contributed by atoms with E-state index >= 15 is 0 Å². The Labute approximate surface area is 97.6 Å². The Morgan fingerprint density at radius 1 is 1.29 bits per heavy atom. The number of benzene rings is 1. The van der Waals surface area contributed by atoms with Gasteiger partial charge in [0.05, 0.1) is 6.42 Å². The molecule has 0 saturated heterocycles. The maximum absolute atomic E-state index is 13.5. The second-order valence-electron chi connectivity index (χ2n) is 3.62. The molecule has 0 amide bonds. The molecule has 3 nitrogen and oxygen atoms in total. The van der Waals surface area contributed by atoms with E-state index in [4.69, 9.17) is 5.11 Å². The number of carbonyl (C=O) groups is 1. The van der Waals surface area contributed by atoms with Crippen LogP contribution in [0, 0.1) is 5.95 Å². The molecule has 2 rings (SSSR count). The highest BCUT2D eigenvalue weighted by molar-refractivity contribution is 5.71. The van der Waals surface area contributed by atoms with Gasteiger partial charge in [-0.15, -0.1) is 0 Å². The first-order chi connectivity index (χ1) is 8.16. The van der Waals surface area contributed by atoms with Crippen LogP contribution in [-0.2, 0) is 11.2 Å². The lowest BCUT2D eigenvalue weighted by Gasteiger charge is -2.04. The minimum atomic E-state index is -0.961. The first kappa shape index (κ1) is 11.3. The number of hydrogen-bond acceptors (Lipinski definition) is 2. The van der Waals surface area contributed by atoms with Gasteiger partial charge in [-0.3, -0.25) is 4.79 Å². The van der Waals surface area contributed by atoms with Gasteiger partial charge in [-0.2, -0.15) is 4.39 Å². The van der Waals surface area contributed by atoms with Crippen LogP contribution in [-0.4, -0.2) is 16.1 Å². The van der Waals surface area contributed by atoms with Gasteiger partial charge < -0.3 is 5.11 Å². The molecule has 0 aliphatic rings. The van der Waals surface area contributed by atoms with E-state index in [2.05, 4.69) is 4.98 Å². The molecule has 1 N–H and O–H groups in total. The maximum Gasteiger partial charge on any atom is 0.307 e. The molecule has 2 aromatic rings. The lowest BCUT2D eigenvalue weighted by Crippen LogP contribution is -2.02. The summed E-state index contributed by atoms with van der Waals surface area (Å²) in [5, 5.41) is 8.68. The van der Waals surface area contributed by atoms with Gasteiger partial charge in [-0.1, -0.05) is 30.3 Å². The number of halogens is 1. The summed E-state index contributed by atoms with van der Waals surface area (Å²) in [6.07, 6.45) is 1.09. The summed E-state index contributed by atoms with van der Waals surface area (Å²) >= 11 is 0. The van der Waals surface area contributed by atoms with Gasteiger partial charge in [0.25, 0.3) is 0 Å². The van der Waals surface area contributed by atoms with E-state index in [0.29, 0.717) is 16.7 Å². The first-order valence-electron chi connectivity index (χ1n) is 5.08. The third-order valence-electron chi connectivity index (χ3n) is 2.34. The van der Waals surface area contributed by atoms with Gasteiger partial charge in [0.2, 0.25) is 5.95 Å². The predicted molar refractivity (Wildman–Crippen MR) is 61.0 cm³/mol. The minimum absolute atomic E-state index is 0.160. The quantitative estimate of drug-likeness (QED) is 0.826. The van der Waals surface area contributed by atoms with Crippen LogP contribution in [0.4, 0.5) is 4.39 Å². The molecule has 0 unspecified atom stereocenters. The van der Waals surface area contributed by atoms with Crippen LogP contribution in [0.2, 0.25) is 0 Å². The molecular weight excluding hydrogens is 221 g/mol. The Bertz CT molecular complexity index is 540. The van der Waals surface area contributed by atoms with Gasteiger partial charge >= 0.3 is 5.97 Å². The molecule has 86 valence electrons. The Hall–Kier alpha value is -2.23. The van der Waals surface area contributed by atoms with Crippen molar-refractivity contribution in [3.63, 3.8) is 0 Å². The van der Waals surface area contributed by atoms with E-state index in [0.717, 1.165) is 0 Å². The van der Waals surface area contributed by atoms with Crippen molar-refractivity contribution in [2.24, 2.45) is 0 Å². The molecule has 0 radical (unpaired) electrons. The number of aliphatic carboxylic acids is 1. The smallest absolute Gasteiger partial charge is 0.307 e. The molecule has 0 saturated carbocycles. The first-order valence-corrected chi connectivity index (χ1v) is 5.08. The fourth-order valence-corrected chi connectivity index (χ4v) is 1.58. The van der Waals surface area contributed by atoms with Gasteiger partial charge in [0.15, 0.2) is 0 Å². The Kier molecular flexibility index (Phi) is 3.14. The molecule has 0 aliphatic heterocycles. The van der Waals surface area contributed by atoms with Gasteiger partial charge in [-0.25, -0.2) is 4.98 Å². The van der Waals surface area contributed by atoms with Crippen LogP contribution < -0.4 is 0 Å². The maximum atomic E-state index is 13.5. The number of hydrogen-bond donors (Lipinski definition) is 1. The Morgan fingerprint density at radius 2 is 2.00 bits per heavy atom. The topological polar surface area (TPSA) is 50.2 Å². The van der Waals surface area contributed by atoms with E-state index in [1.165, 1.54) is 12.3 Å². The number of rotatable bonds is 3. The SMILES string of the molecule is O=C(O)Cc1cnc(F)c(-c2ccccc2)c1.